The van der Waals surface area contributed by atoms with Crippen molar-refractivity contribution in [1.82, 2.24) is 9.13 Å². The van der Waals surface area contributed by atoms with Crippen molar-refractivity contribution in [2.75, 3.05) is 0 Å². The van der Waals surface area contributed by atoms with E-state index >= 15 is 30.7 Å². The maximum Gasteiger partial charge on any atom is 0.416 e. The highest BCUT2D eigenvalue weighted by atomic mass is 19.4. The number of hydrogen-bond donors (Lipinski definition) is 0. The van der Waals surface area contributed by atoms with Gasteiger partial charge < -0.3 is 9.13 Å². The van der Waals surface area contributed by atoms with E-state index in [1.165, 1.54) is 9.13 Å². The normalized spacial score (nSPS) is 13.4. The third-order valence-corrected chi connectivity index (χ3v) is 12.4. The first-order valence-electron chi connectivity index (χ1n) is 21.0. The van der Waals surface area contributed by atoms with Crippen LogP contribution in [-0.2, 0) is 27.8 Å². The Balaban J connectivity index is 1.67. The predicted octanol–water partition coefficient (Wildman–Crippen LogP) is 16.5. The molecule has 2 heterocycles. The van der Waals surface area contributed by atoms with Crippen LogP contribution >= 0.6 is 0 Å². The number of alkyl halides is 3. The van der Waals surface area contributed by atoms with Gasteiger partial charge in [-0.2, -0.15) is 13.2 Å². The number of benzene rings is 6. The van der Waals surface area contributed by atoms with E-state index in [0.29, 0.717) is 43.6 Å². The Hall–Kier alpha value is -5.64. The van der Waals surface area contributed by atoms with Crippen LogP contribution in [0.15, 0.2) is 84.9 Å². The van der Waals surface area contributed by atoms with Crippen LogP contribution in [0.3, 0.4) is 0 Å². The second kappa shape index (κ2) is 14.2. The number of aromatic nitrogens is 2. The van der Waals surface area contributed by atoms with Crippen molar-refractivity contribution >= 4 is 43.6 Å². The molecule has 8 rings (SSSR count). The van der Waals surface area contributed by atoms with E-state index in [2.05, 4.69) is 0 Å². The maximum absolute atomic E-state index is 16.7. The van der Waals surface area contributed by atoms with Crippen molar-refractivity contribution < 1.29 is 35.1 Å². The van der Waals surface area contributed by atoms with Crippen LogP contribution in [0.4, 0.5) is 35.1 Å². The van der Waals surface area contributed by atoms with Crippen LogP contribution in [0.1, 0.15) is 111 Å². The molecule has 0 amide bonds. The Kier molecular flexibility index (Phi) is 9.90. The van der Waals surface area contributed by atoms with Crippen LogP contribution in [0, 0.1) is 29.1 Å². The number of rotatable bonds is 3. The van der Waals surface area contributed by atoms with Gasteiger partial charge in [0.1, 0.15) is 0 Å². The highest BCUT2D eigenvalue weighted by Crippen LogP contribution is 2.48. The fourth-order valence-electron chi connectivity index (χ4n) is 8.64. The number of nitrogens with zero attached hydrogens (tertiary/aromatic N) is 2. The molecule has 0 saturated carbocycles. The molecule has 328 valence electrons. The van der Waals surface area contributed by atoms with Gasteiger partial charge in [-0.25, -0.2) is 22.0 Å². The molecule has 0 fully saturated rings. The first-order valence-corrected chi connectivity index (χ1v) is 21.0. The standard InChI is InChI=1S/C53H50F8N2/c1-49(2,3)27-13-17-36-32(21-27)33-22-28(50(4,5)6)14-18-37(33)62(36)40-25-31(53(59,60)61)26-41(42(40)43-44(54)46(56)48(58)47(57)45(43)55)63-38-19-15-29(51(7,8)9)23-34(38)35-24-30(52(10,11)12)16-20-39(35)63/h13-26H,1-12H3. The smallest absolute Gasteiger partial charge is 0.309 e. The van der Waals surface area contributed by atoms with Gasteiger partial charge in [0.2, 0.25) is 5.82 Å². The van der Waals surface area contributed by atoms with E-state index in [0.717, 1.165) is 34.4 Å². The molecule has 0 bridgehead atoms. The first kappa shape index (κ1) is 44.0. The number of hydrogen-bond acceptors (Lipinski definition) is 0. The lowest BCUT2D eigenvalue weighted by Gasteiger charge is -2.24. The third kappa shape index (κ3) is 7.17. The molecule has 6 aromatic carbocycles. The molecule has 63 heavy (non-hydrogen) atoms. The molecule has 0 unspecified atom stereocenters. The van der Waals surface area contributed by atoms with E-state index < -0.39 is 63.3 Å². The van der Waals surface area contributed by atoms with Crippen LogP contribution in [0.5, 0.6) is 0 Å². The summed E-state index contributed by atoms with van der Waals surface area (Å²) in [5, 5.41) is 2.53. The van der Waals surface area contributed by atoms with Gasteiger partial charge in [0.15, 0.2) is 23.3 Å². The van der Waals surface area contributed by atoms with Crippen molar-refractivity contribution in [3.05, 3.63) is 142 Å². The van der Waals surface area contributed by atoms with Gasteiger partial charge in [0.25, 0.3) is 0 Å². The van der Waals surface area contributed by atoms with Gasteiger partial charge in [-0.3, -0.25) is 0 Å². The van der Waals surface area contributed by atoms with Gasteiger partial charge in [0, 0.05) is 27.1 Å². The Morgan fingerprint density at radius 2 is 0.571 bits per heavy atom. The Morgan fingerprint density at radius 3 is 0.810 bits per heavy atom. The van der Waals surface area contributed by atoms with Gasteiger partial charge in [-0.15, -0.1) is 0 Å². The van der Waals surface area contributed by atoms with Gasteiger partial charge in [-0.1, -0.05) is 107 Å². The van der Waals surface area contributed by atoms with E-state index in [-0.39, 0.29) is 21.7 Å². The average molecular weight is 867 g/mol. The van der Waals surface area contributed by atoms with Crippen molar-refractivity contribution in [3.63, 3.8) is 0 Å². The van der Waals surface area contributed by atoms with E-state index in [4.69, 9.17) is 0 Å². The predicted molar refractivity (Wildman–Crippen MR) is 240 cm³/mol. The Morgan fingerprint density at radius 1 is 0.317 bits per heavy atom. The average Bonchev–Trinajstić information content (AvgIpc) is 3.69. The molecule has 0 spiro atoms. The summed E-state index contributed by atoms with van der Waals surface area (Å²) < 4.78 is 129. The summed E-state index contributed by atoms with van der Waals surface area (Å²) in [6.07, 6.45) is -5.03. The van der Waals surface area contributed by atoms with Gasteiger partial charge in [0.05, 0.1) is 44.6 Å². The molecule has 8 aromatic rings. The molecule has 0 aliphatic heterocycles. The number of halogens is 8. The minimum atomic E-state index is -5.03. The van der Waals surface area contributed by atoms with Crippen LogP contribution < -0.4 is 0 Å². The molecule has 2 nitrogen and oxygen atoms in total. The third-order valence-electron chi connectivity index (χ3n) is 12.4. The zero-order valence-electron chi connectivity index (χ0n) is 37.5. The highest BCUT2D eigenvalue weighted by Gasteiger charge is 2.38. The molecule has 0 aliphatic carbocycles. The number of fused-ring (bicyclic) bond motifs is 6. The second-order valence-electron chi connectivity index (χ2n) is 20.9. The molecule has 0 aliphatic rings. The van der Waals surface area contributed by atoms with Crippen molar-refractivity contribution in [2.45, 2.75) is 111 Å². The SMILES string of the molecule is CC(C)(C)c1ccc2c(c1)c1cc(C(C)(C)C)ccc1n2-c1cc(C(F)(F)F)cc(-n2c3ccc(C(C)(C)C)cc3c3cc(C(C)(C)C)ccc32)c1-c1c(F)c(F)c(F)c(F)c1F. The lowest BCUT2D eigenvalue weighted by atomic mass is 9.85. The molecule has 0 radical (unpaired) electrons. The minimum absolute atomic E-state index is 0.357. The minimum Gasteiger partial charge on any atom is -0.309 e. The molecule has 0 atom stereocenters. The first-order chi connectivity index (χ1) is 29.0. The van der Waals surface area contributed by atoms with E-state index in [9.17, 15) is 4.39 Å². The zero-order valence-corrected chi connectivity index (χ0v) is 37.5. The summed E-state index contributed by atoms with van der Waals surface area (Å²) in [5.74, 6) is -11.2. The molecule has 0 saturated heterocycles. The molecular formula is C53H50F8N2. The maximum atomic E-state index is 16.7. The van der Waals surface area contributed by atoms with Crippen molar-refractivity contribution in [1.29, 1.82) is 0 Å². The zero-order chi connectivity index (χ0) is 46.3. The monoisotopic (exact) mass is 866 g/mol. The Labute approximate surface area is 362 Å². The summed E-state index contributed by atoms with van der Waals surface area (Å²) in [6.45, 7) is 24.3. The van der Waals surface area contributed by atoms with Crippen LogP contribution in [-0.4, -0.2) is 9.13 Å². The van der Waals surface area contributed by atoms with Crippen LogP contribution in [0.25, 0.3) is 66.1 Å². The summed E-state index contributed by atoms with van der Waals surface area (Å²) in [7, 11) is 0. The molecule has 10 heteroatoms. The van der Waals surface area contributed by atoms with Crippen molar-refractivity contribution in [3.8, 4) is 22.5 Å². The molecule has 0 N–H and O–H groups in total. The summed E-state index contributed by atoms with van der Waals surface area (Å²) in [5.41, 5.74) is -0.337. The molecule has 2 aromatic heterocycles. The van der Waals surface area contributed by atoms with Crippen LogP contribution in [0.2, 0.25) is 0 Å². The summed E-state index contributed by atoms with van der Waals surface area (Å²) >= 11 is 0. The Bertz CT molecular complexity index is 2850. The van der Waals surface area contributed by atoms with Crippen molar-refractivity contribution in [2.24, 2.45) is 0 Å². The van der Waals surface area contributed by atoms with Gasteiger partial charge in [-0.05, 0) is 105 Å². The second-order valence-corrected chi connectivity index (χ2v) is 20.9. The lowest BCUT2D eigenvalue weighted by molar-refractivity contribution is -0.137. The largest absolute Gasteiger partial charge is 0.416 e. The lowest BCUT2D eigenvalue weighted by Crippen LogP contribution is -2.14. The summed E-state index contributed by atoms with van der Waals surface area (Å²) in [4.78, 5) is 0. The highest BCUT2D eigenvalue weighted by molar-refractivity contribution is 6.12. The molecular weight excluding hydrogens is 817 g/mol. The fourth-order valence-corrected chi connectivity index (χ4v) is 8.64. The van der Waals surface area contributed by atoms with Gasteiger partial charge >= 0.3 is 6.18 Å². The topological polar surface area (TPSA) is 9.86 Å². The van der Waals surface area contributed by atoms with E-state index in [1.54, 1.807) is 24.3 Å². The summed E-state index contributed by atoms with van der Waals surface area (Å²) in [6, 6.07) is 23.5. The quantitative estimate of drug-likeness (QED) is 0.0951. The van der Waals surface area contributed by atoms with E-state index in [1.807, 2.05) is 132 Å². The fraction of sp³-hybridized carbons (Fsp3) is 0.321.